The quantitative estimate of drug-likeness (QED) is 0.731. The third-order valence-corrected chi connectivity index (χ3v) is 4.43. The Bertz CT molecular complexity index is 701. The number of aromatic nitrogens is 6. The van der Waals surface area contributed by atoms with Gasteiger partial charge in [-0.05, 0) is 12.5 Å². The van der Waals surface area contributed by atoms with Crippen LogP contribution >= 0.6 is 11.3 Å². The zero-order valence-corrected chi connectivity index (χ0v) is 12.3. The molecule has 8 heteroatoms. The maximum absolute atomic E-state index is 4.39. The molecule has 1 aliphatic rings. The van der Waals surface area contributed by atoms with E-state index in [9.17, 15) is 0 Å². The van der Waals surface area contributed by atoms with Crippen molar-refractivity contribution in [2.75, 3.05) is 11.4 Å². The Morgan fingerprint density at radius 3 is 3.00 bits per heavy atom. The van der Waals surface area contributed by atoms with Crippen molar-refractivity contribution in [3.8, 4) is 0 Å². The van der Waals surface area contributed by atoms with Gasteiger partial charge in [0.25, 0.3) is 0 Å². The Morgan fingerprint density at radius 2 is 2.19 bits per heavy atom. The van der Waals surface area contributed by atoms with Crippen LogP contribution in [0.4, 0.5) is 5.13 Å². The van der Waals surface area contributed by atoms with E-state index in [-0.39, 0.29) is 0 Å². The highest BCUT2D eigenvalue weighted by atomic mass is 32.1. The second kappa shape index (κ2) is 5.28. The van der Waals surface area contributed by atoms with Crippen molar-refractivity contribution in [3.05, 3.63) is 41.7 Å². The Morgan fingerprint density at radius 1 is 1.19 bits per heavy atom. The maximum atomic E-state index is 4.39. The SMILES string of the molecule is c1cnn(Cc2nnc3n2CCCN(c2nccs2)C3)c1. The van der Waals surface area contributed by atoms with Gasteiger partial charge in [0, 0.05) is 37.1 Å². The fourth-order valence-corrected chi connectivity index (χ4v) is 3.28. The summed E-state index contributed by atoms with van der Waals surface area (Å²) >= 11 is 1.67. The van der Waals surface area contributed by atoms with Crippen molar-refractivity contribution < 1.29 is 0 Å². The zero-order chi connectivity index (χ0) is 14.1. The van der Waals surface area contributed by atoms with Crippen LogP contribution in [0.2, 0.25) is 0 Å². The second-order valence-electron chi connectivity index (χ2n) is 4.98. The summed E-state index contributed by atoms with van der Waals surface area (Å²) in [6, 6.07) is 1.92. The lowest BCUT2D eigenvalue weighted by Crippen LogP contribution is -2.22. The predicted octanol–water partition coefficient (Wildman–Crippen LogP) is 1.39. The Hall–Kier alpha value is -2.22. The van der Waals surface area contributed by atoms with E-state index in [4.69, 9.17) is 0 Å². The van der Waals surface area contributed by atoms with E-state index in [0.717, 1.165) is 42.8 Å². The molecule has 0 spiro atoms. The Balaban J connectivity index is 1.59. The molecule has 3 aromatic heterocycles. The molecule has 4 heterocycles. The Kier molecular flexibility index (Phi) is 3.15. The molecule has 0 N–H and O–H groups in total. The van der Waals surface area contributed by atoms with E-state index >= 15 is 0 Å². The van der Waals surface area contributed by atoms with Crippen LogP contribution in [-0.4, -0.2) is 36.1 Å². The molecule has 0 saturated carbocycles. The van der Waals surface area contributed by atoms with Crippen LogP contribution in [0, 0.1) is 0 Å². The first-order valence-electron chi connectivity index (χ1n) is 6.93. The van der Waals surface area contributed by atoms with Crippen molar-refractivity contribution in [3.63, 3.8) is 0 Å². The van der Waals surface area contributed by atoms with E-state index in [1.165, 1.54) is 0 Å². The molecule has 21 heavy (non-hydrogen) atoms. The van der Waals surface area contributed by atoms with Crippen LogP contribution in [0.5, 0.6) is 0 Å². The monoisotopic (exact) mass is 301 g/mol. The van der Waals surface area contributed by atoms with Crippen LogP contribution in [0.15, 0.2) is 30.0 Å². The molecule has 0 radical (unpaired) electrons. The number of fused-ring (bicyclic) bond motifs is 1. The first kappa shape index (κ1) is 12.5. The van der Waals surface area contributed by atoms with Gasteiger partial charge in [-0.1, -0.05) is 0 Å². The van der Waals surface area contributed by atoms with Crippen LogP contribution in [0.25, 0.3) is 0 Å². The third-order valence-electron chi connectivity index (χ3n) is 3.60. The van der Waals surface area contributed by atoms with Gasteiger partial charge in [0.15, 0.2) is 16.8 Å². The lowest BCUT2D eigenvalue weighted by molar-refractivity contribution is 0.578. The molecule has 0 fully saturated rings. The molecule has 4 rings (SSSR count). The van der Waals surface area contributed by atoms with Crippen molar-refractivity contribution in [1.29, 1.82) is 0 Å². The number of nitrogens with zero attached hydrogens (tertiary/aromatic N) is 7. The first-order valence-corrected chi connectivity index (χ1v) is 7.81. The normalized spacial score (nSPS) is 15.0. The van der Waals surface area contributed by atoms with E-state index in [2.05, 4.69) is 29.7 Å². The molecule has 0 aromatic carbocycles. The highest BCUT2D eigenvalue weighted by Gasteiger charge is 2.20. The summed E-state index contributed by atoms with van der Waals surface area (Å²) < 4.78 is 4.09. The van der Waals surface area contributed by atoms with Gasteiger partial charge < -0.3 is 9.47 Å². The van der Waals surface area contributed by atoms with E-state index in [1.807, 2.05) is 28.5 Å². The van der Waals surface area contributed by atoms with Gasteiger partial charge in [-0.15, -0.1) is 21.5 Å². The molecule has 1 aliphatic heterocycles. The average molecular weight is 301 g/mol. The fraction of sp³-hybridized carbons (Fsp3) is 0.385. The minimum atomic E-state index is 0.664. The average Bonchev–Trinajstić information content (AvgIpc) is 3.21. The molecule has 7 nitrogen and oxygen atoms in total. The molecule has 0 amide bonds. The van der Waals surface area contributed by atoms with Gasteiger partial charge in [-0.25, -0.2) is 4.98 Å². The first-order chi connectivity index (χ1) is 10.4. The summed E-state index contributed by atoms with van der Waals surface area (Å²) in [7, 11) is 0. The number of anilines is 1. The molecule has 0 unspecified atom stereocenters. The Labute approximate surface area is 125 Å². The summed E-state index contributed by atoms with van der Waals surface area (Å²) in [6.45, 7) is 3.37. The standard InChI is InChI=1S/C13H15N7S/c1-3-15-19(6-1)10-12-17-16-11-9-18(5-2-7-20(11)12)13-14-4-8-21-13/h1,3-4,6,8H,2,5,7,9-10H2. The van der Waals surface area contributed by atoms with Crippen molar-refractivity contribution in [2.24, 2.45) is 0 Å². The number of thiazole rings is 1. The van der Waals surface area contributed by atoms with Gasteiger partial charge >= 0.3 is 0 Å². The van der Waals surface area contributed by atoms with E-state index in [1.54, 1.807) is 17.5 Å². The minimum Gasteiger partial charge on any atom is -0.340 e. The van der Waals surface area contributed by atoms with Crippen LogP contribution in [0.3, 0.4) is 0 Å². The molecule has 0 atom stereocenters. The van der Waals surface area contributed by atoms with Gasteiger partial charge in [-0.2, -0.15) is 5.10 Å². The fourth-order valence-electron chi connectivity index (χ4n) is 2.61. The molecule has 0 aliphatic carbocycles. The second-order valence-corrected chi connectivity index (χ2v) is 5.85. The van der Waals surface area contributed by atoms with E-state index in [0.29, 0.717) is 6.54 Å². The van der Waals surface area contributed by atoms with Gasteiger partial charge in [-0.3, -0.25) is 4.68 Å². The van der Waals surface area contributed by atoms with Gasteiger partial charge in [0.2, 0.25) is 0 Å². The number of rotatable bonds is 3. The van der Waals surface area contributed by atoms with Crippen molar-refractivity contribution in [1.82, 2.24) is 29.5 Å². The summed E-state index contributed by atoms with van der Waals surface area (Å²) in [6.07, 6.45) is 6.64. The van der Waals surface area contributed by atoms with E-state index < -0.39 is 0 Å². The lowest BCUT2D eigenvalue weighted by atomic mass is 10.4. The van der Waals surface area contributed by atoms with Gasteiger partial charge in [0.1, 0.15) is 6.54 Å². The molecular formula is C13H15N7S. The van der Waals surface area contributed by atoms with Gasteiger partial charge in [0.05, 0.1) is 6.54 Å². The summed E-state index contributed by atoms with van der Waals surface area (Å²) in [5, 5.41) is 16.0. The summed E-state index contributed by atoms with van der Waals surface area (Å²) in [4.78, 5) is 6.67. The minimum absolute atomic E-state index is 0.664. The van der Waals surface area contributed by atoms with Crippen LogP contribution in [0.1, 0.15) is 18.1 Å². The third kappa shape index (κ3) is 2.42. The smallest absolute Gasteiger partial charge is 0.185 e. The van der Waals surface area contributed by atoms with Crippen LogP contribution in [-0.2, 0) is 19.6 Å². The highest BCUT2D eigenvalue weighted by Crippen LogP contribution is 2.22. The summed E-state index contributed by atoms with van der Waals surface area (Å²) in [5.41, 5.74) is 0. The van der Waals surface area contributed by atoms with Crippen LogP contribution < -0.4 is 4.90 Å². The van der Waals surface area contributed by atoms with Crippen molar-refractivity contribution in [2.45, 2.75) is 26.1 Å². The lowest BCUT2D eigenvalue weighted by Gasteiger charge is -2.17. The molecular weight excluding hydrogens is 286 g/mol. The molecule has 108 valence electrons. The topological polar surface area (TPSA) is 64.7 Å². The number of hydrogen-bond acceptors (Lipinski definition) is 6. The number of hydrogen-bond donors (Lipinski definition) is 0. The largest absolute Gasteiger partial charge is 0.340 e. The predicted molar refractivity (Wildman–Crippen MR) is 79.1 cm³/mol. The molecule has 0 saturated heterocycles. The highest BCUT2D eigenvalue weighted by molar-refractivity contribution is 7.13. The maximum Gasteiger partial charge on any atom is 0.185 e. The zero-order valence-electron chi connectivity index (χ0n) is 11.5. The molecule has 3 aromatic rings. The molecule has 0 bridgehead atoms. The summed E-state index contributed by atoms with van der Waals surface area (Å²) in [5.74, 6) is 1.97. The van der Waals surface area contributed by atoms with Crippen molar-refractivity contribution >= 4 is 16.5 Å².